The van der Waals surface area contributed by atoms with Gasteiger partial charge >= 0.3 is 5.97 Å². The molecule has 0 saturated heterocycles. The first-order chi connectivity index (χ1) is 9.47. The number of benzene rings is 2. The van der Waals surface area contributed by atoms with Gasteiger partial charge in [0.2, 0.25) is 0 Å². The summed E-state index contributed by atoms with van der Waals surface area (Å²) in [5, 5.41) is 13.0. The second kappa shape index (κ2) is 5.97. The van der Waals surface area contributed by atoms with Gasteiger partial charge in [-0.3, -0.25) is 0 Å². The summed E-state index contributed by atoms with van der Waals surface area (Å²) in [4.78, 5) is 11.5. The molecular formula is C16H16ClNO2. The molecule has 104 valence electrons. The number of nitrogens with one attached hydrogen (secondary N) is 1. The van der Waals surface area contributed by atoms with Crippen molar-refractivity contribution in [2.45, 2.75) is 19.9 Å². The van der Waals surface area contributed by atoms with Gasteiger partial charge < -0.3 is 10.4 Å². The second-order valence-electron chi connectivity index (χ2n) is 4.79. The van der Waals surface area contributed by atoms with Crippen molar-refractivity contribution in [3.63, 3.8) is 0 Å². The van der Waals surface area contributed by atoms with Crippen LogP contribution >= 0.6 is 11.6 Å². The Hall–Kier alpha value is -2.00. The fourth-order valence-corrected chi connectivity index (χ4v) is 2.36. The Morgan fingerprint density at radius 1 is 1.20 bits per heavy atom. The lowest BCUT2D eigenvalue weighted by atomic mass is 9.99. The van der Waals surface area contributed by atoms with E-state index in [0.29, 0.717) is 10.7 Å². The molecule has 0 amide bonds. The fourth-order valence-electron chi connectivity index (χ4n) is 2.17. The normalized spacial score (nSPS) is 11.9. The first-order valence-corrected chi connectivity index (χ1v) is 6.67. The van der Waals surface area contributed by atoms with Crippen molar-refractivity contribution in [1.29, 1.82) is 0 Å². The quantitative estimate of drug-likeness (QED) is 0.887. The SMILES string of the molecule is Cc1ccc(C(Nc2cccc(Cl)c2)C(=O)O)c(C)c1. The van der Waals surface area contributed by atoms with Crippen molar-refractivity contribution in [3.8, 4) is 0 Å². The van der Waals surface area contributed by atoms with Crippen molar-refractivity contribution in [2.75, 3.05) is 5.32 Å². The molecule has 0 aliphatic heterocycles. The van der Waals surface area contributed by atoms with E-state index in [1.54, 1.807) is 24.3 Å². The average Bonchev–Trinajstić information content (AvgIpc) is 2.36. The molecule has 4 heteroatoms. The zero-order valence-electron chi connectivity index (χ0n) is 11.4. The minimum absolute atomic E-state index is 0.569. The summed E-state index contributed by atoms with van der Waals surface area (Å²) >= 11 is 5.92. The number of rotatable bonds is 4. The maximum absolute atomic E-state index is 11.5. The zero-order chi connectivity index (χ0) is 14.7. The van der Waals surface area contributed by atoms with E-state index >= 15 is 0 Å². The standard InChI is InChI=1S/C16H16ClNO2/c1-10-6-7-14(11(2)8-10)15(16(19)20)18-13-5-3-4-12(17)9-13/h3-9,15,18H,1-2H3,(H,19,20). The second-order valence-corrected chi connectivity index (χ2v) is 5.22. The number of halogens is 1. The number of hydrogen-bond acceptors (Lipinski definition) is 2. The molecule has 2 aromatic carbocycles. The van der Waals surface area contributed by atoms with Gasteiger partial charge in [-0.05, 0) is 43.2 Å². The Bertz CT molecular complexity index is 640. The van der Waals surface area contributed by atoms with Crippen LogP contribution < -0.4 is 5.32 Å². The topological polar surface area (TPSA) is 49.3 Å². The maximum atomic E-state index is 11.5. The van der Waals surface area contributed by atoms with Gasteiger partial charge in [-0.1, -0.05) is 41.4 Å². The number of aryl methyl sites for hydroxylation is 2. The highest BCUT2D eigenvalue weighted by Gasteiger charge is 2.21. The molecule has 2 rings (SSSR count). The summed E-state index contributed by atoms with van der Waals surface area (Å²) in [5.41, 5.74) is 3.50. The van der Waals surface area contributed by atoms with E-state index in [4.69, 9.17) is 11.6 Å². The molecule has 0 aliphatic carbocycles. The molecule has 1 unspecified atom stereocenters. The molecule has 0 radical (unpaired) electrons. The van der Waals surface area contributed by atoms with Gasteiger partial charge in [0.25, 0.3) is 0 Å². The highest BCUT2D eigenvalue weighted by molar-refractivity contribution is 6.30. The van der Waals surface area contributed by atoms with Gasteiger partial charge in [0.05, 0.1) is 0 Å². The molecule has 0 spiro atoms. The fraction of sp³-hybridized carbons (Fsp3) is 0.188. The van der Waals surface area contributed by atoms with Crippen LogP contribution in [0.3, 0.4) is 0 Å². The van der Waals surface area contributed by atoms with Crippen LogP contribution in [-0.2, 0) is 4.79 Å². The largest absolute Gasteiger partial charge is 0.479 e. The van der Waals surface area contributed by atoms with Crippen LogP contribution in [0, 0.1) is 13.8 Å². The molecular weight excluding hydrogens is 274 g/mol. The summed E-state index contributed by atoms with van der Waals surface area (Å²) in [6.45, 7) is 3.90. The molecule has 0 fully saturated rings. The lowest BCUT2D eigenvalue weighted by Gasteiger charge is -2.18. The Kier molecular flexibility index (Phi) is 4.30. The summed E-state index contributed by atoms with van der Waals surface area (Å²) in [6, 6.07) is 12.0. The smallest absolute Gasteiger partial charge is 0.330 e. The third kappa shape index (κ3) is 3.31. The van der Waals surface area contributed by atoms with Crippen LogP contribution in [0.2, 0.25) is 5.02 Å². The average molecular weight is 290 g/mol. The van der Waals surface area contributed by atoms with E-state index in [9.17, 15) is 9.90 Å². The third-order valence-electron chi connectivity index (χ3n) is 3.12. The monoisotopic (exact) mass is 289 g/mol. The summed E-state index contributed by atoms with van der Waals surface area (Å²) in [7, 11) is 0. The Morgan fingerprint density at radius 2 is 1.95 bits per heavy atom. The lowest BCUT2D eigenvalue weighted by molar-refractivity contribution is -0.138. The number of carboxylic acid groups (broad SMARTS) is 1. The third-order valence-corrected chi connectivity index (χ3v) is 3.35. The highest BCUT2D eigenvalue weighted by atomic mass is 35.5. The first-order valence-electron chi connectivity index (χ1n) is 6.29. The molecule has 0 aliphatic rings. The van der Waals surface area contributed by atoms with Gasteiger partial charge in [-0.25, -0.2) is 4.79 Å². The highest BCUT2D eigenvalue weighted by Crippen LogP contribution is 2.25. The molecule has 2 N–H and O–H groups in total. The van der Waals surface area contributed by atoms with E-state index in [2.05, 4.69) is 5.32 Å². The first kappa shape index (κ1) is 14.4. The van der Waals surface area contributed by atoms with Crippen LogP contribution in [0.25, 0.3) is 0 Å². The van der Waals surface area contributed by atoms with E-state index in [1.165, 1.54) is 0 Å². The Morgan fingerprint density at radius 3 is 2.55 bits per heavy atom. The Balaban J connectivity index is 2.34. The van der Waals surface area contributed by atoms with Crippen LogP contribution in [0.1, 0.15) is 22.7 Å². The molecule has 0 heterocycles. The molecule has 1 atom stereocenters. The Labute approximate surface area is 123 Å². The number of carbonyl (C=O) groups is 1. The zero-order valence-corrected chi connectivity index (χ0v) is 12.1. The summed E-state index contributed by atoms with van der Waals surface area (Å²) in [5.74, 6) is -0.920. The van der Waals surface area contributed by atoms with Crippen molar-refractivity contribution in [1.82, 2.24) is 0 Å². The predicted molar refractivity (Wildman–Crippen MR) is 81.4 cm³/mol. The number of aliphatic carboxylic acids is 1. The summed E-state index contributed by atoms with van der Waals surface area (Å²) < 4.78 is 0. The van der Waals surface area contributed by atoms with Crippen molar-refractivity contribution >= 4 is 23.3 Å². The molecule has 0 bridgehead atoms. The van der Waals surface area contributed by atoms with Gasteiger partial charge in [0.1, 0.15) is 0 Å². The summed E-state index contributed by atoms with van der Waals surface area (Å²) in [6.07, 6.45) is 0. The number of carboxylic acids is 1. The van der Waals surface area contributed by atoms with Crippen molar-refractivity contribution < 1.29 is 9.90 Å². The van der Waals surface area contributed by atoms with Crippen molar-refractivity contribution in [3.05, 3.63) is 64.2 Å². The molecule has 0 aromatic heterocycles. The van der Waals surface area contributed by atoms with Crippen LogP contribution in [0.15, 0.2) is 42.5 Å². The number of hydrogen-bond donors (Lipinski definition) is 2. The van der Waals surface area contributed by atoms with Gasteiger partial charge in [0, 0.05) is 10.7 Å². The van der Waals surface area contributed by atoms with E-state index in [0.717, 1.165) is 16.7 Å². The van der Waals surface area contributed by atoms with Gasteiger partial charge in [-0.15, -0.1) is 0 Å². The van der Waals surface area contributed by atoms with Crippen LogP contribution in [0.4, 0.5) is 5.69 Å². The minimum Gasteiger partial charge on any atom is -0.479 e. The van der Waals surface area contributed by atoms with Gasteiger partial charge in [-0.2, -0.15) is 0 Å². The van der Waals surface area contributed by atoms with Crippen LogP contribution in [-0.4, -0.2) is 11.1 Å². The minimum atomic E-state index is -0.920. The van der Waals surface area contributed by atoms with E-state index < -0.39 is 12.0 Å². The van der Waals surface area contributed by atoms with E-state index in [1.807, 2.05) is 32.0 Å². The number of anilines is 1. The predicted octanol–water partition coefficient (Wildman–Crippen LogP) is 4.19. The lowest BCUT2D eigenvalue weighted by Crippen LogP contribution is -2.21. The van der Waals surface area contributed by atoms with Crippen molar-refractivity contribution in [2.24, 2.45) is 0 Å². The molecule has 3 nitrogen and oxygen atoms in total. The molecule has 0 saturated carbocycles. The van der Waals surface area contributed by atoms with Gasteiger partial charge in [0.15, 0.2) is 6.04 Å². The maximum Gasteiger partial charge on any atom is 0.330 e. The molecule has 20 heavy (non-hydrogen) atoms. The van der Waals surface area contributed by atoms with E-state index in [-0.39, 0.29) is 0 Å². The molecule has 2 aromatic rings. The van der Waals surface area contributed by atoms with Crippen LogP contribution in [0.5, 0.6) is 0 Å².